The van der Waals surface area contributed by atoms with Gasteiger partial charge in [-0.05, 0) is 18.2 Å². The van der Waals surface area contributed by atoms with E-state index in [2.05, 4.69) is 0 Å². The molecular weight excluding hydrogens is 282 g/mol. The van der Waals surface area contributed by atoms with Crippen molar-refractivity contribution in [2.45, 2.75) is 12.6 Å². The highest BCUT2D eigenvalue weighted by Gasteiger charge is 2.24. The van der Waals surface area contributed by atoms with Gasteiger partial charge >= 0.3 is 0 Å². The number of amides is 1. The molecule has 98 valence electrons. The van der Waals surface area contributed by atoms with E-state index in [1.54, 1.807) is 4.90 Å². The first-order valence-electron chi connectivity index (χ1n) is 5.95. The van der Waals surface area contributed by atoms with Crippen molar-refractivity contribution in [3.05, 3.63) is 51.2 Å². The van der Waals surface area contributed by atoms with Crippen LogP contribution in [0.1, 0.15) is 16.5 Å². The van der Waals surface area contributed by atoms with Crippen molar-refractivity contribution in [1.82, 2.24) is 4.90 Å². The van der Waals surface area contributed by atoms with E-state index in [0.717, 1.165) is 26.9 Å². The topological polar surface area (TPSA) is 29.5 Å². The van der Waals surface area contributed by atoms with Gasteiger partial charge < -0.3 is 9.64 Å². The number of hydrogen-bond acceptors (Lipinski definition) is 3. The van der Waals surface area contributed by atoms with Gasteiger partial charge in [0.25, 0.3) is 0 Å². The predicted molar refractivity (Wildman–Crippen MR) is 75.6 cm³/mol. The molecule has 0 radical (unpaired) electrons. The van der Waals surface area contributed by atoms with E-state index < -0.39 is 0 Å². The van der Waals surface area contributed by atoms with E-state index >= 15 is 0 Å². The Bertz CT molecular complexity index is 599. The number of nitrogens with zero attached hydrogens (tertiary/aromatic N) is 1. The number of para-hydroxylation sites is 1. The standard InChI is InChI=1S/C14H12ClNO2S/c15-14-6-5-13(19-14)12-8-16(9-17)7-10-3-1-2-4-11(10)18-12/h1-6,9,12H,7-8H2. The third-order valence-corrected chi connectivity index (χ3v) is 4.40. The Morgan fingerprint density at radius 2 is 2.16 bits per heavy atom. The number of rotatable bonds is 2. The Morgan fingerprint density at radius 3 is 2.89 bits per heavy atom. The molecule has 2 heterocycles. The van der Waals surface area contributed by atoms with Gasteiger partial charge in [-0.15, -0.1) is 11.3 Å². The molecule has 0 N–H and O–H groups in total. The third kappa shape index (κ3) is 2.60. The SMILES string of the molecule is O=CN1Cc2ccccc2OC(c2ccc(Cl)s2)C1. The van der Waals surface area contributed by atoms with Gasteiger partial charge in [-0.3, -0.25) is 4.79 Å². The molecule has 0 saturated carbocycles. The number of carbonyl (C=O) groups is 1. The van der Waals surface area contributed by atoms with Crippen LogP contribution in [0.4, 0.5) is 0 Å². The van der Waals surface area contributed by atoms with E-state index in [1.807, 2.05) is 36.4 Å². The zero-order valence-electron chi connectivity index (χ0n) is 10.1. The van der Waals surface area contributed by atoms with Crippen LogP contribution >= 0.6 is 22.9 Å². The molecule has 0 fully saturated rings. The first kappa shape index (κ1) is 12.5. The maximum absolute atomic E-state index is 11.2. The largest absolute Gasteiger partial charge is 0.483 e. The van der Waals surface area contributed by atoms with Crippen LogP contribution in [0, 0.1) is 0 Å². The highest BCUT2D eigenvalue weighted by molar-refractivity contribution is 7.16. The van der Waals surface area contributed by atoms with Crippen molar-refractivity contribution in [2.24, 2.45) is 0 Å². The molecule has 1 aromatic heterocycles. The summed E-state index contributed by atoms with van der Waals surface area (Å²) in [5.74, 6) is 0.835. The molecule has 0 bridgehead atoms. The Balaban J connectivity index is 1.96. The Kier molecular flexibility index (Phi) is 3.44. The van der Waals surface area contributed by atoms with Crippen LogP contribution in [0.25, 0.3) is 0 Å². The van der Waals surface area contributed by atoms with Crippen LogP contribution in [0.15, 0.2) is 36.4 Å². The molecule has 1 atom stereocenters. The molecule has 1 aliphatic heterocycles. The number of hydrogen-bond donors (Lipinski definition) is 0. The summed E-state index contributed by atoms with van der Waals surface area (Å²) in [6.45, 7) is 1.12. The lowest BCUT2D eigenvalue weighted by Gasteiger charge is -2.19. The van der Waals surface area contributed by atoms with Crippen LogP contribution in [-0.4, -0.2) is 17.9 Å². The number of halogens is 1. The molecule has 0 aliphatic carbocycles. The monoisotopic (exact) mass is 293 g/mol. The lowest BCUT2D eigenvalue weighted by molar-refractivity contribution is -0.119. The summed E-state index contributed by atoms with van der Waals surface area (Å²) in [4.78, 5) is 13.9. The van der Waals surface area contributed by atoms with E-state index in [0.29, 0.717) is 13.1 Å². The van der Waals surface area contributed by atoms with Gasteiger partial charge in [0.2, 0.25) is 6.41 Å². The minimum Gasteiger partial charge on any atom is -0.483 e. The van der Waals surface area contributed by atoms with Crippen LogP contribution in [0.3, 0.4) is 0 Å². The lowest BCUT2D eigenvalue weighted by atomic mass is 10.2. The zero-order chi connectivity index (χ0) is 13.2. The van der Waals surface area contributed by atoms with Crippen LogP contribution in [-0.2, 0) is 11.3 Å². The molecule has 0 saturated heterocycles. The van der Waals surface area contributed by atoms with Gasteiger partial charge in [0, 0.05) is 17.0 Å². The van der Waals surface area contributed by atoms with Crippen molar-refractivity contribution < 1.29 is 9.53 Å². The number of ether oxygens (including phenoxy) is 1. The van der Waals surface area contributed by atoms with Crippen LogP contribution in [0.5, 0.6) is 5.75 Å². The molecular formula is C14H12ClNO2S. The van der Waals surface area contributed by atoms with E-state index in [1.165, 1.54) is 11.3 Å². The second-order valence-corrected chi connectivity index (χ2v) is 6.14. The summed E-state index contributed by atoms with van der Waals surface area (Å²) >= 11 is 7.46. The molecule has 3 nitrogen and oxygen atoms in total. The Hall–Kier alpha value is -1.52. The molecule has 0 spiro atoms. The number of benzene rings is 1. The molecule has 3 rings (SSSR count). The summed E-state index contributed by atoms with van der Waals surface area (Å²) in [6, 6.07) is 11.6. The maximum atomic E-state index is 11.2. The second kappa shape index (κ2) is 5.23. The highest BCUT2D eigenvalue weighted by atomic mass is 35.5. The molecule has 1 aliphatic rings. The average molecular weight is 294 g/mol. The van der Waals surface area contributed by atoms with E-state index in [9.17, 15) is 4.79 Å². The average Bonchev–Trinajstić information content (AvgIpc) is 2.75. The first-order chi connectivity index (χ1) is 9.26. The number of fused-ring (bicyclic) bond motifs is 1. The Labute approximate surface area is 120 Å². The molecule has 2 aromatic rings. The molecule has 5 heteroatoms. The summed E-state index contributed by atoms with van der Waals surface area (Å²) in [5.41, 5.74) is 1.03. The van der Waals surface area contributed by atoms with Gasteiger partial charge in [-0.2, -0.15) is 0 Å². The van der Waals surface area contributed by atoms with Crippen LogP contribution in [0.2, 0.25) is 4.34 Å². The fourth-order valence-electron chi connectivity index (χ4n) is 2.17. The minimum atomic E-state index is -0.161. The first-order valence-corrected chi connectivity index (χ1v) is 7.15. The minimum absolute atomic E-state index is 0.161. The van der Waals surface area contributed by atoms with Gasteiger partial charge in [0.1, 0.15) is 5.75 Å². The molecule has 1 amide bonds. The number of thiophene rings is 1. The zero-order valence-corrected chi connectivity index (χ0v) is 11.7. The smallest absolute Gasteiger partial charge is 0.210 e. The lowest BCUT2D eigenvalue weighted by Crippen LogP contribution is -2.26. The number of carbonyl (C=O) groups excluding carboxylic acids is 1. The van der Waals surface area contributed by atoms with Gasteiger partial charge in [-0.1, -0.05) is 29.8 Å². The molecule has 1 aromatic carbocycles. The molecule has 1 unspecified atom stereocenters. The summed E-state index contributed by atoms with van der Waals surface area (Å²) in [5, 5.41) is 0. The fraction of sp³-hybridized carbons (Fsp3) is 0.214. The normalized spacial score (nSPS) is 18.4. The van der Waals surface area contributed by atoms with E-state index in [4.69, 9.17) is 16.3 Å². The second-order valence-electron chi connectivity index (χ2n) is 4.39. The predicted octanol–water partition coefficient (Wildman–Crippen LogP) is 3.49. The maximum Gasteiger partial charge on any atom is 0.210 e. The third-order valence-electron chi connectivity index (χ3n) is 3.08. The summed E-state index contributed by atoms with van der Waals surface area (Å²) < 4.78 is 6.77. The summed E-state index contributed by atoms with van der Waals surface area (Å²) in [7, 11) is 0. The van der Waals surface area contributed by atoms with Crippen molar-refractivity contribution in [1.29, 1.82) is 0 Å². The van der Waals surface area contributed by atoms with Gasteiger partial charge in [-0.25, -0.2) is 0 Å². The summed E-state index contributed by atoms with van der Waals surface area (Å²) in [6.07, 6.45) is 0.708. The highest BCUT2D eigenvalue weighted by Crippen LogP contribution is 2.34. The fourth-order valence-corrected chi connectivity index (χ4v) is 3.25. The van der Waals surface area contributed by atoms with Gasteiger partial charge in [0.15, 0.2) is 6.10 Å². The van der Waals surface area contributed by atoms with Crippen LogP contribution < -0.4 is 4.74 Å². The van der Waals surface area contributed by atoms with E-state index in [-0.39, 0.29) is 6.10 Å². The van der Waals surface area contributed by atoms with Crippen molar-refractivity contribution >= 4 is 29.3 Å². The quantitative estimate of drug-likeness (QED) is 0.793. The van der Waals surface area contributed by atoms with Crippen molar-refractivity contribution in [3.63, 3.8) is 0 Å². The Morgan fingerprint density at radius 1 is 1.32 bits per heavy atom. The van der Waals surface area contributed by atoms with Gasteiger partial charge in [0.05, 0.1) is 10.9 Å². The van der Waals surface area contributed by atoms with Crippen molar-refractivity contribution in [3.8, 4) is 5.75 Å². The van der Waals surface area contributed by atoms with Crippen molar-refractivity contribution in [2.75, 3.05) is 6.54 Å². The molecule has 19 heavy (non-hydrogen) atoms.